The topological polar surface area (TPSA) is 61.0 Å². The van der Waals surface area contributed by atoms with Crippen LogP contribution in [0.1, 0.15) is 63.0 Å². The number of nitrogen functional groups attached to an aromatic ring is 1. The van der Waals surface area contributed by atoms with Crippen molar-refractivity contribution in [3.8, 4) is 0 Å². The molecule has 1 aromatic heterocycles. The van der Waals surface area contributed by atoms with Crippen LogP contribution in [0.5, 0.6) is 0 Å². The van der Waals surface area contributed by atoms with Crippen LogP contribution < -0.4 is 5.73 Å². The summed E-state index contributed by atoms with van der Waals surface area (Å²) >= 11 is 0. The average Bonchev–Trinajstić information content (AvgIpc) is 2.40. The van der Waals surface area contributed by atoms with Crippen LogP contribution in [-0.2, 0) is 16.8 Å². The van der Waals surface area contributed by atoms with Crippen molar-refractivity contribution in [1.29, 1.82) is 0 Å². The molecule has 0 bridgehead atoms. The second kappa shape index (κ2) is 5.87. The lowest BCUT2D eigenvalue weighted by molar-refractivity contribution is -0.0767. The van der Waals surface area contributed by atoms with E-state index >= 15 is 0 Å². The minimum atomic E-state index is -0.307. The van der Waals surface area contributed by atoms with E-state index in [0.717, 1.165) is 36.3 Å². The SMILES string of the molecule is CCOC1(c2nc(C)c(CC)c(N)n2)CCCCC1. The van der Waals surface area contributed by atoms with Crippen molar-refractivity contribution in [2.24, 2.45) is 0 Å². The van der Waals surface area contributed by atoms with Crippen molar-refractivity contribution in [2.45, 2.75) is 64.9 Å². The van der Waals surface area contributed by atoms with Gasteiger partial charge < -0.3 is 10.5 Å². The predicted octanol–water partition coefficient (Wildman–Crippen LogP) is 3.13. The monoisotopic (exact) mass is 263 g/mol. The number of hydrogen-bond acceptors (Lipinski definition) is 4. The lowest BCUT2D eigenvalue weighted by Gasteiger charge is -2.36. The van der Waals surface area contributed by atoms with Gasteiger partial charge in [-0.25, -0.2) is 9.97 Å². The van der Waals surface area contributed by atoms with Crippen LogP contribution in [0.2, 0.25) is 0 Å². The first-order valence-electron chi connectivity index (χ1n) is 7.40. The molecule has 0 saturated heterocycles. The second-order valence-electron chi connectivity index (χ2n) is 5.34. The normalized spacial score (nSPS) is 18.5. The molecule has 0 atom stereocenters. The summed E-state index contributed by atoms with van der Waals surface area (Å²) in [6.07, 6.45) is 6.52. The molecule has 2 N–H and O–H groups in total. The van der Waals surface area contributed by atoms with Crippen molar-refractivity contribution in [3.63, 3.8) is 0 Å². The van der Waals surface area contributed by atoms with E-state index in [4.69, 9.17) is 15.5 Å². The number of rotatable bonds is 4. The Labute approximate surface area is 115 Å². The summed E-state index contributed by atoms with van der Waals surface area (Å²) in [5.74, 6) is 1.41. The van der Waals surface area contributed by atoms with Crippen LogP contribution in [0.25, 0.3) is 0 Å². The molecule has 0 spiro atoms. The standard InChI is InChI=1S/C15H25N3O/c1-4-12-11(3)17-14(18-13(12)16)15(19-5-2)9-7-6-8-10-15/h4-10H2,1-3H3,(H2,16,17,18). The van der Waals surface area contributed by atoms with Crippen molar-refractivity contribution in [1.82, 2.24) is 9.97 Å². The van der Waals surface area contributed by atoms with E-state index < -0.39 is 0 Å². The summed E-state index contributed by atoms with van der Waals surface area (Å²) in [6, 6.07) is 0. The highest BCUT2D eigenvalue weighted by molar-refractivity contribution is 5.42. The Hall–Kier alpha value is -1.16. The molecule has 0 radical (unpaired) electrons. The van der Waals surface area contributed by atoms with Gasteiger partial charge in [-0.3, -0.25) is 0 Å². The van der Waals surface area contributed by atoms with Gasteiger partial charge in [0.05, 0.1) is 0 Å². The van der Waals surface area contributed by atoms with E-state index in [-0.39, 0.29) is 5.60 Å². The molecule has 0 unspecified atom stereocenters. The Morgan fingerprint density at radius 3 is 2.37 bits per heavy atom. The fraction of sp³-hybridized carbons (Fsp3) is 0.733. The van der Waals surface area contributed by atoms with Gasteiger partial charge >= 0.3 is 0 Å². The molecule has 0 aromatic carbocycles. The van der Waals surface area contributed by atoms with E-state index in [1.54, 1.807) is 0 Å². The number of nitrogens with two attached hydrogens (primary N) is 1. The lowest BCUT2D eigenvalue weighted by atomic mass is 9.83. The summed E-state index contributed by atoms with van der Waals surface area (Å²) in [4.78, 5) is 9.26. The van der Waals surface area contributed by atoms with Gasteiger partial charge in [0.25, 0.3) is 0 Å². The van der Waals surface area contributed by atoms with E-state index in [0.29, 0.717) is 12.4 Å². The van der Waals surface area contributed by atoms with Crippen molar-refractivity contribution < 1.29 is 4.74 Å². The summed E-state index contributed by atoms with van der Waals surface area (Å²) in [6.45, 7) is 6.83. The van der Waals surface area contributed by atoms with Gasteiger partial charge in [0.2, 0.25) is 0 Å². The Morgan fingerprint density at radius 1 is 1.16 bits per heavy atom. The first-order valence-corrected chi connectivity index (χ1v) is 7.40. The maximum absolute atomic E-state index is 6.09. The molecule has 0 amide bonds. The first kappa shape index (κ1) is 14.3. The molecule has 106 valence electrons. The van der Waals surface area contributed by atoms with Crippen molar-refractivity contribution >= 4 is 5.82 Å². The maximum Gasteiger partial charge on any atom is 0.162 e. The Balaban J connectivity index is 2.42. The zero-order valence-corrected chi connectivity index (χ0v) is 12.3. The van der Waals surface area contributed by atoms with Gasteiger partial charge in [-0.15, -0.1) is 0 Å². The molecule has 4 nitrogen and oxygen atoms in total. The zero-order chi connectivity index (χ0) is 13.9. The van der Waals surface area contributed by atoms with E-state index in [9.17, 15) is 0 Å². The highest BCUT2D eigenvalue weighted by Gasteiger charge is 2.38. The molecule has 4 heteroatoms. The van der Waals surface area contributed by atoms with E-state index in [1.807, 2.05) is 13.8 Å². The van der Waals surface area contributed by atoms with Crippen LogP contribution in [0.3, 0.4) is 0 Å². The largest absolute Gasteiger partial charge is 0.383 e. The molecule has 1 aliphatic rings. The third kappa shape index (κ3) is 2.73. The predicted molar refractivity (Wildman–Crippen MR) is 76.9 cm³/mol. The van der Waals surface area contributed by atoms with Gasteiger partial charge in [-0.1, -0.05) is 26.2 Å². The smallest absolute Gasteiger partial charge is 0.162 e. The molecular weight excluding hydrogens is 238 g/mol. The number of anilines is 1. The van der Waals surface area contributed by atoms with Crippen LogP contribution in [-0.4, -0.2) is 16.6 Å². The highest BCUT2D eigenvalue weighted by Crippen LogP contribution is 2.39. The summed E-state index contributed by atoms with van der Waals surface area (Å²) in [5.41, 5.74) is 7.84. The first-order chi connectivity index (χ1) is 9.13. The molecule has 1 aromatic rings. The number of hydrogen-bond donors (Lipinski definition) is 1. The lowest BCUT2D eigenvalue weighted by Crippen LogP contribution is -2.35. The summed E-state index contributed by atoms with van der Waals surface area (Å²) in [7, 11) is 0. The van der Waals surface area contributed by atoms with Crippen LogP contribution in [0.15, 0.2) is 0 Å². The Bertz CT molecular complexity index is 411. The quantitative estimate of drug-likeness (QED) is 0.906. The maximum atomic E-state index is 6.09. The van der Waals surface area contributed by atoms with Gasteiger partial charge in [0, 0.05) is 17.9 Å². The molecule has 19 heavy (non-hydrogen) atoms. The molecule has 2 rings (SSSR count). The van der Waals surface area contributed by atoms with Crippen molar-refractivity contribution in [3.05, 3.63) is 17.1 Å². The summed E-state index contributed by atoms with van der Waals surface area (Å²) in [5, 5.41) is 0. The third-order valence-electron chi connectivity index (χ3n) is 4.09. The van der Waals surface area contributed by atoms with Gasteiger partial charge in [0.15, 0.2) is 5.82 Å². The highest BCUT2D eigenvalue weighted by atomic mass is 16.5. The molecular formula is C15H25N3O. The van der Waals surface area contributed by atoms with Crippen LogP contribution >= 0.6 is 0 Å². The Morgan fingerprint density at radius 2 is 1.84 bits per heavy atom. The van der Waals surface area contributed by atoms with Gasteiger partial charge in [0.1, 0.15) is 11.4 Å². The number of aromatic nitrogens is 2. The van der Waals surface area contributed by atoms with Crippen LogP contribution in [0, 0.1) is 6.92 Å². The molecule has 1 fully saturated rings. The summed E-state index contributed by atoms with van der Waals surface area (Å²) < 4.78 is 6.06. The Kier molecular flexibility index (Phi) is 4.40. The number of aryl methyl sites for hydroxylation is 1. The fourth-order valence-corrected chi connectivity index (χ4v) is 3.09. The minimum Gasteiger partial charge on any atom is -0.383 e. The minimum absolute atomic E-state index is 0.307. The zero-order valence-electron chi connectivity index (χ0n) is 12.3. The number of nitrogens with zero attached hydrogens (tertiary/aromatic N) is 2. The molecule has 1 aliphatic carbocycles. The van der Waals surface area contributed by atoms with Crippen molar-refractivity contribution in [2.75, 3.05) is 12.3 Å². The van der Waals surface area contributed by atoms with Crippen LogP contribution in [0.4, 0.5) is 5.82 Å². The molecule has 1 heterocycles. The average molecular weight is 263 g/mol. The van der Waals surface area contributed by atoms with E-state index in [1.165, 1.54) is 19.3 Å². The van der Waals surface area contributed by atoms with E-state index in [2.05, 4.69) is 11.9 Å². The molecule has 1 saturated carbocycles. The van der Waals surface area contributed by atoms with Gasteiger partial charge in [-0.2, -0.15) is 0 Å². The van der Waals surface area contributed by atoms with Gasteiger partial charge in [-0.05, 0) is 33.1 Å². The molecule has 0 aliphatic heterocycles. The third-order valence-corrected chi connectivity index (χ3v) is 4.09. The fourth-order valence-electron chi connectivity index (χ4n) is 3.09. The second-order valence-corrected chi connectivity index (χ2v) is 5.34. The number of ether oxygens (including phenoxy) is 1.